The molecule has 0 amide bonds. The second kappa shape index (κ2) is 6.75. The minimum absolute atomic E-state index is 0.0392. The van der Waals surface area contributed by atoms with Crippen LogP contribution in [0.25, 0.3) is 33.5 Å². The Labute approximate surface area is 166 Å². The first kappa shape index (κ1) is 18.0. The van der Waals surface area contributed by atoms with Gasteiger partial charge in [-0.05, 0) is 60.9 Å². The largest absolute Gasteiger partial charge is 0.339 e. The molecule has 1 aliphatic rings. The third-order valence-electron chi connectivity index (χ3n) is 4.90. The summed E-state index contributed by atoms with van der Waals surface area (Å²) in [7, 11) is -3.56. The van der Waals surface area contributed by atoms with Gasteiger partial charge >= 0.3 is 0 Å². The summed E-state index contributed by atoms with van der Waals surface area (Å²) in [4.78, 5) is 12.1. The van der Waals surface area contributed by atoms with E-state index < -0.39 is 10.0 Å². The maximum absolute atomic E-state index is 13.2. The molecule has 4 aromatic rings. The number of hydrogen-bond donors (Lipinski definition) is 2. The van der Waals surface area contributed by atoms with Crippen molar-refractivity contribution in [2.75, 3.05) is 0 Å². The van der Waals surface area contributed by atoms with E-state index in [1.807, 2.05) is 12.1 Å². The van der Waals surface area contributed by atoms with Gasteiger partial charge < -0.3 is 4.98 Å². The number of halogens is 1. The lowest BCUT2D eigenvalue weighted by Crippen LogP contribution is -2.25. The van der Waals surface area contributed by atoms with E-state index >= 15 is 0 Å². The summed E-state index contributed by atoms with van der Waals surface area (Å²) in [5, 5.41) is 0.761. The quantitative estimate of drug-likeness (QED) is 0.525. The molecule has 0 unspecified atom stereocenters. The molecular formula is C21H17FN4O2S. The van der Waals surface area contributed by atoms with Gasteiger partial charge in [-0.25, -0.2) is 27.5 Å². The van der Waals surface area contributed by atoms with Crippen LogP contribution in [0.5, 0.6) is 0 Å². The van der Waals surface area contributed by atoms with Gasteiger partial charge in [0.1, 0.15) is 17.8 Å². The second-order valence-electron chi connectivity index (χ2n) is 7.10. The van der Waals surface area contributed by atoms with Gasteiger partial charge in [0.15, 0.2) is 0 Å². The lowest BCUT2D eigenvalue weighted by molar-refractivity contribution is 0.581. The predicted molar refractivity (Wildman–Crippen MR) is 108 cm³/mol. The molecule has 1 aliphatic carbocycles. The summed E-state index contributed by atoms with van der Waals surface area (Å²) >= 11 is 0. The van der Waals surface area contributed by atoms with Gasteiger partial charge in [-0.2, -0.15) is 0 Å². The van der Waals surface area contributed by atoms with Gasteiger partial charge in [-0.3, -0.25) is 0 Å². The highest BCUT2D eigenvalue weighted by molar-refractivity contribution is 7.89. The molecular weight excluding hydrogens is 391 g/mol. The van der Waals surface area contributed by atoms with E-state index in [0.29, 0.717) is 16.9 Å². The number of nitrogens with zero attached hydrogens (tertiary/aromatic N) is 2. The molecule has 6 nitrogen and oxygen atoms in total. The van der Waals surface area contributed by atoms with Crippen molar-refractivity contribution in [2.45, 2.75) is 23.8 Å². The fourth-order valence-electron chi connectivity index (χ4n) is 3.25. The maximum atomic E-state index is 13.2. The van der Waals surface area contributed by atoms with Crippen LogP contribution in [-0.4, -0.2) is 29.4 Å². The first-order chi connectivity index (χ1) is 14.0. The van der Waals surface area contributed by atoms with Crippen LogP contribution in [0.2, 0.25) is 0 Å². The molecule has 0 spiro atoms. The van der Waals surface area contributed by atoms with Crippen molar-refractivity contribution < 1.29 is 12.8 Å². The van der Waals surface area contributed by atoms with E-state index in [4.69, 9.17) is 0 Å². The molecule has 2 heterocycles. The standard InChI is InChI=1S/C21H17FN4O2S/c22-15-6-4-13(5-7-15)19-11-18-20(23-12-24-21(18)25-19)14-2-1-3-17(10-14)29(27,28)26-16-8-9-16/h1-7,10-12,16,26H,8-9H2,(H,23,24,25). The monoisotopic (exact) mass is 408 g/mol. The Kier molecular flexibility index (Phi) is 4.18. The van der Waals surface area contributed by atoms with Crippen LogP contribution in [0.3, 0.4) is 0 Å². The Morgan fingerprint density at radius 1 is 1.00 bits per heavy atom. The topological polar surface area (TPSA) is 87.7 Å². The number of benzene rings is 2. The van der Waals surface area contributed by atoms with Crippen LogP contribution in [0.15, 0.2) is 65.8 Å². The van der Waals surface area contributed by atoms with Gasteiger partial charge in [-0.15, -0.1) is 0 Å². The molecule has 2 aromatic carbocycles. The van der Waals surface area contributed by atoms with E-state index in [9.17, 15) is 12.8 Å². The Morgan fingerprint density at radius 3 is 2.55 bits per heavy atom. The molecule has 5 rings (SSSR count). The Hall–Kier alpha value is -3.10. The summed E-state index contributed by atoms with van der Waals surface area (Å²) in [5.74, 6) is -0.303. The normalized spacial score (nSPS) is 14.4. The SMILES string of the molecule is O=S(=O)(NC1CC1)c1cccc(-c2ncnc3[nH]c(-c4ccc(F)cc4)cc23)c1. The zero-order chi connectivity index (χ0) is 20.0. The van der Waals surface area contributed by atoms with Crippen LogP contribution in [0.1, 0.15) is 12.8 Å². The molecule has 0 bridgehead atoms. The summed E-state index contributed by atoms with van der Waals surface area (Å²) in [6.07, 6.45) is 3.19. The fourth-order valence-corrected chi connectivity index (χ4v) is 4.60. The number of fused-ring (bicyclic) bond motifs is 1. The van der Waals surface area contributed by atoms with Crippen molar-refractivity contribution in [3.05, 3.63) is 66.7 Å². The predicted octanol–water partition coefficient (Wildman–Crippen LogP) is 3.87. The van der Waals surface area contributed by atoms with Gasteiger partial charge in [0.2, 0.25) is 10.0 Å². The van der Waals surface area contributed by atoms with E-state index in [-0.39, 0.29) is 16.8 Å². The highest BCUT2D eigenvalue weighted by Crippen LogP contribution is 2.31. The van der Waals surface area contributed by atoms with Crippen LogP contribution < -0.4 is 4.72 Å². The number of sulfonamides is 1. The average Bonchev–Trinajstić information content (AvgIpc) is 3.41. The second-order valence-corrected chi connectivity index (χ2v) is 8.81. The van der Waals surface area contributed by atoms with Gasteiger partial charge in [0.05, 0.1) is 10.6 Å². The van der Waals surface area contributed by atoms with Crippen LogP contribution in [0.4, 0.5) is 4.39 Å². The first-order valence-corrected chi connectivity index (χ1v) is 10.7. The fraction of sp³-hybridized carbons (Fsp3) is 0.143. The van der Waals surface area contributed by atoms with Crippen molar-refractivity contribution >= 4 is 21.1 Å². The van der Waals surface area contributed by atoms with Gasteiger partial charge in [0.25, 0.3) is 0 Å². The van der Waals surface area contributed by atoms with Crippen molar-refractivity contribution in [3.8, 4) is 22.5 Å². The molecule has 2 aromatic heterocycles. The number of nitrogens with one attached hydrogen (secondary N) is 2. The summed E-state index contributed by atoms with van der Waals surface area (Å²) < 4.78 is 41.0. The molecule has 0 atom stereocenters. The van der Waals surface area contributed by atoms with E-state index in [0.717, 1.165) is 29.5 Å². The highest BCUT2D eigenvalue weighted by atomic mass is 32.2. The lowest BCUT2D eigenvalue weighted by atomic mass is 10.1. The lowest BCUT2D eigenvalue weighted by Gasteiger charge is -2.08. The van der Waals surface area contributed by atoms with Crippen molar-refractivity contribution in [2.24, 2.45) is 0 Å². The minimum atomic E-state index is -3.56. The minimum Gasteiger partial charge on any atom is -0.339 e. The summed E-state index contributed by atoms with van der Waals surface area (Å²) in [5.41, 5.74) is 3.53. The summed E-state index contributed by atoms with van der Waals surface area (Å²) in [6, 6.07) is 14.8. The molecule has 29 heavy (non-hydrogen) atoms. The molecule has 0 radical (unpaired) electrons. The van der Waals surface area contributed by atoms with Crippen LogP contribution in [-0.2, 0) is 10.0 Å². The Bertz CT molecular complexity index is 1310. The van der Waals surface area contributed by atoms with E-state index in [1.165, 1.54) is 18.5 Å². The maximum Gasteiger partial charge on any atom is 0.240 e. The zero-order valence-electron chi connectivity index (χ0n) is 15.3. The molecule has 2 N–H and O–H groups in total. The van der Waals surface area contributed by atoms with Gasteiger partial charge in [0, 0.05) is 22.7 Å². The van der Waals surface area contributed by atoms with E-state index in [1.54, 1.807) is 30.3 Å². The smallest absolute Gasteiger partial charge is 0.240 e. The van der Waals surface area contributed by atoms with Gasteiger partial charge in [-0.1, -0.05) is 12.1 Å². The average molecular weight is 408 g/mol. The van der Waals surface area contributed by atoms with Crippen LogP contribution >= 0.6 is 0 Å². The number of aromatic amines is 1. The van der Waals surface area contributed by atoms with E-state index in [2.05, 4.69) is 19.7 Å². The Balaban J connectivity index is 1.58. The third-order valence-corrected chi connectivity index (χ3v) is 6.42. The van der Waals surface area contributed by atoms with Crippen molar-refractivity contribution in [1.82, 2.24) is 19.7 Å². The Morgan fingerprint density at radius 2 is 1.79 bits per heavy atom. The molecule has 8 heteroatoms. The highest BCUT2D eigenvalue weighted by Gasteiger charge is 2.28. The van der Waals surface area contributed by atoms with Crippen molar-refractivity contribution in [1.29, 1.82) is 0 Å². The molecule has 1 fully saturated rings. The first-order valence-electron chi connectivity index (χ1n) is 9.22. The summed E-state index contributed by atoms with van der Waals surface area (Å²) in [6.45, 7) is 0. The molecule has 1 saturated carbocycles. The molecule has 0 aliphatic heterocycles. The molecule has 146 valence electrons. The van der Waals surface area contributed by atoms with Crippen molar-refractivity contribution in [3.63, 3.8) is 0 Å². The van der Waals surface area contributed by atoms with Crippen LogP contribution in [0, 0.1) is 5.82 Å². The number of aromatic nitrogens is 3. The number of H-pyrrole nitrogens is 1. The number of hydrogen-bond acceptors (Lipinski definition) is 4. The zero-order valence-corrected chi connectivity index (χ0v) is 16.1. The number of rotatable bonds is 5. The molecule has 0 saturated heterocycles. The third kappa shape index (κ3) is 3.52.